The molecule has 0 heterocycles. The number of amides is 3. The molecular formula is C17H24N4O2. The van der Waals surface area contributed by atoms with Crippen molar-refractivity contribution in [2.45, 2.75) is 38.3 Å². The van der Waals surface area contributed by atoms with Crippen LogP contribution in [0.3, 0.4) is 0 Å². The molecule has 2 bridgehead atoms. The van der Waals surface area contributed by atoms with E-state index < -0.39 is 6.03 Å². The van der Waals surface area contributed by atoms with Crippen molar-refractivity contribution in [3.63, 3.8) is 0 Å². The van der Waals surface area contributed by atoms with Gasteiger partial charge in [0, 0.05) is 11.7 Å². The van der Waals surface area contributed by atoms with E-state index in [0.29, 0.717) is 17.5 Å². The Morgan fingerprint density at radius 1 is 1.17 bits per heavy atom. The number of primary amides is 1. The monoisotopic (exact) mass is 316 g/mol. The molecule has 0 aromatic heterocycles. The Hall–Kier alpha value is -2.08. The number of anilines is 1. The van der Waals surface area contributed by atoms with Crippen molar-refractivity contribution in [2.24, 2.45) is 29.2 Å². The fraction of sp³-hybridized carbons (Fsp3) is 0.529. The van der Waals surface area contributed by atoms with Gasteiger partial charge in [-0.15, -0.1) is 0 Å². The van der Waals surface area contributed by atoms with Gasteiger partial charge >= 0.3 is 6.03 Å². The largest absolute Gasteiger partial charge is 0.351 e. The minimum atomic E-state index is -0.593. The van der Waals surface area contributed by atoms with E-state index in [0.717, 1.165) is 18.4 Å². The third-order valence-electron chi connectivity index (χ3n) is 5.32. The molecule has 3 amide bonds. The van der Waals surface area contributed by atoms with Crippen LogP contribution in [0.4, 0.5) is 10.5 Å². The summed E-state index contributed by atoms with van der Waals surface area (Å²) in [5, 5.41) is 5.60. The number of benzene rings is 1. The Balaban J connectivity index is 1.61. The maximum absolute atomic E-state index is 12.6. The highest BCUT2D eigenvalue weighted by atomic mass is 16.2. The fourth-order valence-corrected chi connectivity index (χ4v) is 4.12. The Morgan fingerprint density at radius 3 is 2.39 bits per heavy atom. The lowest BCUT2D eigenvalue weighted by Gasteiger charge is -2.28. The quantitative estimate of drug-likeness (QED) is 0.679. The van der Waals surface area contributed by atoms with Crippen LogP contribution in [0.1, 0.15) is 37.8 Å². The molecule has 5 unspecified atom stereocenters. The number of nitrogens with two attached hydrogens (primary N) is 2. The molecule has 0 saturated heterocycles. The first-order valence-corrected chi connectivity index (χ1v) is 8.18. The van der Waals surface area contributed by atoms with Crippen LogP contribution in [-0.4, -0.2) is 18.0 Å². The second kappa shape index (κ2) is 6.20. The predicted octanol–water partition coefficient (Wildman–Crippen LogP) is 1.73. The van der Waals surface area contributed by atoms with Gasteiger partial charge in [-0.05, 0) is 55.7 Å². The Labute approximate surface area is 136 Å². The van der Waals surface area contributed by atoms with E-state index in [1.165, 1.54) is 6.42 Å². The normalized spacial score (nSPS) is 30.0. The first-order valence-electron chi connectivity index (χ1n) is 8.18. The maximum Gasteiger partial charge on any atom is 0.316 e. The Morgan fingerprint density at radius 2 is 1.83 bits per heavy atom. The molecule has 0 radical (unpaired) electrons. The van der Waals surface area contributed by atoms with Crippen molar-refractivity contribution < 1.29 is 9.59 Å². The van der Waals surface area contributed by atoms with Gasteiger partial charge < -0.3 is 22.1 Å². The molecule has 3 rings (SSSR count). The van der Waals surface area contributed by atoms with Crippen molar-refractivity contribution in [3.8, 4) is 0 Å². The summed E-state index contributed by atoms with van der Waals surface area (Å²) < 4.78 is 0. The Bertz CT molecular complexity index is 599. The van der Waals surface area contributed by atoms with Crippen LogP contribution in [0.25, 0.3) is 0 Å². The molecule has 2 aliphatic carbocycles. The lowest BCUT2D eigenvalue weighted by atomic mass is 9.84. The number of fused-ring (bicyclic) bond motifs is 2. The lowest BCUT2D eigenvalue weighted by Crippen LogP contribution is -2.45. The van der Waals surface area contributed by atoms with E-state index in [9.17, 15) is 9.59 Å². The molecule has 6 nitrogen and oxygen atoms in total. The third kappa shape index (κ3) is 3.17. The number of hydrogen-bond donors (Lipinski definition) is 4. The number of hydrogen-bond acceptors (Lipinski definition) is 3. The molecule has 23 heavy (non-hydrogen) atoms. The molecule has 1 aromatic rings. The molecule has 6 heteroatoms. The first-order chi connectivity index (χ1) is 11.0. The van der Waals surface area contributed by atoms with Crippen LogP contribution in [0, 0.1) is 17.8 Å². The minimum Gasteiger partial charge on any atom is -0.351 e. The second-order valence-corrected chi connectivity index (χ2v) is 6.78. The highest BCUT2D eigenvalue weighted by molar-refractivity contribution is 5.87. The van der Waals surface area contributed by atoms with Crippen molar-refractivity contribution in [1.29, 1.82) is 0 Å². The lowest BCUT2D eigenvalue weighted by molar-refractivity contribution is -0.127. The molecular weight excluding hydrogens is 292 g/mol. The number of rotatable bonds is 4. The van der Waals surface area contributed by atoms with Crippen molar-refractivity contribution in [2.75, 3.05) is 5.32 Å². The zero-order chi connectivity index (χ0) is 16.6. The van der Waals surface area contributed by atoms with E-state index in [1.54, 1.807) is 12.1 Å². The summed E-state index contributed by atoms with van der Waals surface area (Å²) >= 11 is 0. The van der Waals surface area contributed by atoms with Crippen LogP contribution in [0.15, 0.2) is 24.3 Å². The highest BCUT2D eigenvalue weighted by Gasteiger charge is 2.49. The number of urea groups is 1. The molecule has 2 saturated carbocycles. The Kier molecular flexibility index (Phi) is 4.26. The molecule has 5 atom stereocenters. The van der Waals surface area contributed by atoms with Crippen LogP contribution < -0.4 is 22.1 Å². The van der Waals surface area contributed by atoms with Crippen molar-refractivity contribution >= 4 is 17.6 Å². The number of carbonyl (C=O) groups excluding carboxylic acids is 2. The fourth-order valence-electron chi connectivity index (χ4n) is 4.12. The van der Waals surface area contributed by atoms with Gasteiger partial charge in [-0.1, -0.05) is 12.1 Å². The van der Waals surface area contributed by atoms with Crippen LogP contribution in [0.2, 0.25) is 0 Å². The van der Waals surface area contributed by atoms with E-state index in [1.807, 2.05) is 19.1 Å². The average molecular weight is 316 g/mol. The summed E-state index contributed by atoms with van der Waals surface area (Å²) in [7, 11) is 0. The molecule has 6 N–H and O–H groups in total. The average Bonchev–Trinajstić information content (AvgIpc) is 3.08. The summed E-state index contributed by atoms with van der Waals surface area (Å²) in [5.41, 5.74) is 12.9. The molecule has 2 fully saturated rings. The molecule has 0 aliphatic heterocycles. The summed E-state index contributed by atoms with van der Waals surface area (Å²) in [6, 6.07) is 6.59. The van der Waals surface area contributed by atoms with Gasteiger partial charge in [-0.3, -0.25) is 4.79 Å². The van der Waals surface area contributed by atoms with Crippen molar-refractivity contribution in [3.05, 3.63) is 29.8 Å². The standard InChI is InChI=1S/C17H24N4O2/c1-9(10-4-6-13(7-5-10)21-17(19)23)20-16(22)14-11-2-3-12(8-11)15(14)18/h4-7,9,11-12,14-15H,2-3,8,18H2,1H3,(H,20,22)(H3,19,21,23). The number of nitrogens with one attached hydrogen (secondary N) is 2. The minimum absolute atomic E-state index is 0.00286. The van der Waals surface area contributed by atoms with E-state index in [4.69, 9.17) is 11.5 Å². The topological polar surface area (TPSA) is 110 Å². The highest BCUT2D eigenvalue weighted by Crippen LogP contribution is 2.47. The van der Waals surface area contributed by atoms with Crippen LogP contribution in [0.5, 0.6) is 0 Å². The molecule has 1 aromatic carbocycles. The van der Waals surface area contributed by atoms with E-state index >= 15 is 0 Å². The van der Waals surface area contributed by atoms with Gasteiger partial charge in [-0.25, -0.2) is 4.79 Å². The van der Waals surface area contributed by atoms with Gasteiger partial charge in [0.05, 0.1) is 12.0 Å². The van der Waals surface area contributed by atoms with Gasteiger partial charge in [0.25, 0.3) is 0 Å². The maximum atomic E-state index is 12.6. The third-order valence-corrected chi connectivity index (χ3v) is 5.32. The van der Waals surface area contributed by atoms with E-state index in [2.05, 4.69) is 10.6 Å². The summed E-state index contributed by atoms with van der Waals surface area (Å²) in [6.45, 7) is 1.95. The summed E-state index contributed by atoms with van der Waals surface area (Å²) in [5.74, 6) is 0.984. The van der Waals surface area contributed by atoms with Gasteiger partial charge in [0.1, 0.15) is 0 Å². The molecule has 124 valence electrons. The van der Waals surface area contributed by atoms with Gasteiger partial charge in [0.15, 0.2) is 0 Å². The van der Waals surface area contributed by atoms with Gasteiger partial charge in [0.2, 0.25) is 5.91 Å². The zero-order valence-electron chi connectivity index (χ0n) is 13.3. The van der Waals surface area contributed by atoms with Gasteiger partial charge in [-0.2, -0.15) is 0 Å². The van der Waals surface area contributed by atoms with Crippen LogP contribution >= 0.6 is 0 Å². The number of carbonyl (C=O) groups is 2. The second-order valence-electron chi connectivity index (χ2n) is 6.78. The van der Waals surface area contributed by atoms with Crippen LogP contribution in [-0.2, 0) is 4.79 Å². The summed E-state index contributed by atoms with van der Waals surface area (Å²) in [6.07, 6.45) is 3.39. The first kappa shape index (κ1) is 15.8. The predicted molar refractivity (Wildman–Crippen MR) is 88.5 cm³/mol. The van der Waals surface area contributed by atoms with E-state index in [-0.39, 0.29) is 23.9 Å². The van der Waals surface area contributed by atoms with Crippen molar-refractivity contribution in [1.82, 2.24) is 5.32 Å². The molecule has 0 spiro atoms. The molecule has 2 aliphatic rings. The SMILES string of the molecule is CC(NC(=O)C1C2CCC(C2)C1N)c1ccc(NC(N)=O)cc1. The summed E-state index contributed by atoms with van der Waals surface area (Å²) in [4.78, 5) is 23.4. The zero-order valence-corrected chi connectivity index (χ0v) is 13.3. The smallest absolute Gasteiger partial charge is 0.316 e.